The van der Waals surface area contributed by atoms with E-state index in [0.29, 0.717) is 0 Å². The van der Waals surface area contributed by atoms with Crippen molar-refractivity contribution in [1.29, 1.82) is 0 Å². The zero-order valence-corrected chi connectivity index (χ0v) is 7.99. The summed E-state index contributed by atoms with van der Waals surface area (Å²) < 4.78 is 4.59. The molecular weight excluding hydrogens is 174 g/mol. The third-order valence-electron chi connectivity index (χ3n) is 1.35. The van der Waals surface area contributed by atoms with Gasteiger partial charge in [0, 0.05) is 13.8 Å². The average molecular weight is 187 g/mol. The summed E-state index contributed by atoms with van der Waals surface area (Å²) >= 11 is 0. The van der Waals surface area contributed by atoms with E-state index < -0.39 is 17.8 Å². The maximum Gasteiger partial charge on any atom is 0.326 e. The molecule has 0 aliphatic carbocycles. The van der Waals surface area contributed by atoms with Gasteiger partial charge >= 0.3 is 5.97 Å². The molecule has 5 heteroatoms. The van der Waals surface area contributed by atoms with Crippen LogP contribution in [0.4, 0.5) is 0 Å². The summed E-state index contributed by atoms with van der Waals surface area (Å²) in [6, 6.07) is 0. The fraction of sp³-hybridized carbons (Fsp3) is 0.625. The van der Waals surface area contributed by atoms with Gasteiger partial charge in [0.2, 0.25) is 11.8 Å². The van der Waals surface area contributed by atoms with Crippen LogP contribution in [0.3, 0.4) is 0 Å². The van der Waals surface area contributed by atoms with Crippen LogP contribution in [0.1, 0.15) is 20.8 Å². The van der Waals surface area contributed by atoms with Crippen LogP contribution < -0.4 is 0 Å². The third kappa shape index (κ3) is 4.25. The summed E-state index contributed by atoms with van der Waals surface area (Å²) in [4.78, 5) is 33.4. The summed E-state index contributed by atoms with van der Waals surface area (Å²) in [5, 5.41) is 0. The van der Waals surface area contributed by atoms with Gasteiger partial charge in [-0.05, 0) is 6.92 Å². The zero-order chi connectivity index (χ0) is 10.4. The van der Waals surface area contributed by atoms with E-state index in [2.05, 4.69) is 4.74 Å². The topological polar surface area (TPSA) is 63.7 Å². The van der Waals surface area contributed by atoms with Crippen molar-refractivity contribution in [2.45, 2.75) is 20.8 Å². The Balaban J connectivity index is 4.19. The second-order valence-corrected chi connectivity index (χ2v) is 2.43. The highest BCUT2D eigenvalue weighted by molar-refractivity contribution is 5.96. The van der Waals surface area contributed by atoms with Crippen molar-refractivity contribution in [2.24, 2.45) is 0 Å². The second kappa shape index (κ2) is 5.29. The number of hydrogen-bond donors (Lipinski definition) is 0. The fourth-order valence-electron chi connectivity index (χ4n) is 0.780. The summed E-state index contributed by atoms with van der Waals surface area (Å²) in [6.45, 7) is 4.03. The van der Waals surface area contributed by atoms with Gasteiger partial charge in [0.05, 0.1) is 6.61 Å². The zero-order valence-electron chi connectivity index (χ0n) is 7.99. The lowest BCUT2D eigenvalue weighted by atomic mass is 10.4. The average Bonchev–Trinajstić information content (AvgIpc) is 1.99. The lowest BCUT2D eigenvalue weighted by Gasteiger charge is -2.15. The Morgan fingerprint density at radius 1 is 1.15 bits per heavy atom. The number of esters is 1. The minimum absolute atomic E-state index is 0.239. The summed E-state index contributed by atoms with van der Waals surface area (Å²) in [7, 11) is 0. The SMILES string of the molecule is CCOC(=O)CN(C(C)=O)C(C)=O. The first-order valence-corrected chi connectivity index (χ1v) is 3.93. The van der Waals surface area contributed by atoms with Crippen LogP contribution in [-0.2, 0) is 19.1 Å². The molecule has 0 radical (unpaired) electrons. The first-order valence-electron chi connectivity index (χ1n) is 3.93. The molecule has 13 heavy (non-hydrogen) atoms. The number of rotatable bonds is 3. The molecule has 74 valence electrons. The van der Waals surface area contributed by atoms with Crippen molar-refractivity contribution in [2.75, 3.05) is 13.2 Å². The van der Waals surface area contributed by atoms with Gasteiger partial charge in [0.25, 0.3) is 0 Å². The Kier molecular flexibility index (Phi) is 4.72. The highest BCUT2D eigenvalue weighted by atomic mass is 16.5. The van der Waals surface area contributed by atoms with Crippen LogP contribution in [0.15, 0.2) is 0 Å². The molecule has 0 atom stereocenters. The van der Waals surface area contributed by atoms with Crippen molar-refractivity contribution in [3.05, 3.63) is 0 Å². The normalized spacial score (nSPS) is 9.15. The van der Waals surface area contributed by atoms with E-state index in [1.165, 1.54) is 13.8 Å². The maximum atomic E-state index is 10.9. The van der Waals surface area contributed by atoms with Crippen molar-refractivity contribution < 1.29 is 19.1 Å². The molecule has 0 spiro atoms. The molecule has 0 heterocycles. The smallest absolute Gasteiger partial charge is 0.326 e. The van der Waals surface area contributed by atoms with E-state index in [-0.39, 0.29) is 13.2 Å². The highest BCUT2D eigenvalue weighted by Gasteiger charge is 2.17. The van der Waals surface area contributed by atoms with E-state index in [1.54, 1.807) is 6.92 Å². The van der Waals surface area contributed by atoms with E-state index in [9.17, 15) is 14.4 Å². The summed E-state index contributed by atoms with van der Waals surface area (Å²) in [5.41, 5.74) is 0. The molecule has 0 fully saturated rings. The molecule has 5 nitrogen and oxygen atoms in total. The molecule has 0 aromatic heterocycles. The first-order chi connectivity index (χ1) is 5.99. The highest BCUT2D eigenvalue weighted by Crippen LogP contribution is 1.92. The number of imide groups is 1. The number of amides is 2. The molecule has 0 N–H and O–H groups in total. The number of carbonyl (C=O) groups excluding carboxylic acids is 3. The predicted octanol–water partition coefficient (Wildman–Crippen LogP) is -0.0555. The minimum atomic E-state index is -0.576. The number of nitrogens with zero attached hydrogens (tertiary/aromatic N) is 1. The number of ether oxygens (including phenoxy) is 1. The Hall–Kier alpha value is -1.39. The fourth-order valence-corrected chi connectivity index (χ4v) is 0.780. The molecule has 0 aromatic rings. The van der Waals surface area contributed by atoms with Crippen LogP contribution in [-0.4, -0.2) is 35.8 Å². The quantitative estimate of drug-likeness (QED) is 0.581. The van der Waals surface area contributed by atoms with Gasteiger partial charge in [-0.1, -0.05) is 0 Å². The van der Waals surface area contributed by atoms with E-state index in [1.807, 2.05) is 0 Å². The van der Waals surface area contributed by atoms with Gasteiger partial charge in [0.15, 0.2) is 0 Å². The minimum Gasteiger partial charge on any atom is -0.465 e. The van der Waals surface area contributed by atoms with E-state index in [4.69, 9.17) is 0 Å². The first kappa shape index (κ1) is 11.6. The lowest BCUT2D eigenvalue weighted by Crippen LogP contribution is -2.38. The van der Waals surface area contributed by atoms with Crippen molar-refractivity contribution in [3.8, 4) is 0 Å². The Morgan fingerprint density at radius 2 is 1.62 bits per heavy atom. The molecule has 0 bridgehead atoms. The molecular formula is C8H13NO4. The lowest BCUT2D eigenvalue weighted by molar-refractivity contribution is -0.153. The van der Waals surface area contributed by atoms with Crippen molar-refractivity contribution in [1.82, 2.24) is 4.90 Å². The Labute approximate surface area is 76.7 Å². The standard InChI is InChI=1S/C8H13NO4/c1-4-13-8(12)5-9(6(2)10)7(3)11/h4-5H2,1-3H3. The van der Waals surface area contributed by atoms with Gasteiger partial charge in [-0.25, -0.2) is 0 Å². The molecule has 2 amide bonds. The third-order valence-corrected chi connectivity index (χ3v) is 1.35. The molecule has 0 saturated heterocycles. The van der Waals surface area contributed by atoms with Gasteiger partial charge in [-0.15, -0.1) is 0 Å². The molecule has 0 unspecified atom stereocenters. The van der Waals surface area contributed by atoms with Crippen molar-refractivity contribution in [3.63, 3.8) is 0 Å². The molecule has 0 aliphatic rings. The van der Waals surface area contributed by atoms with Crippen LogP contribution in [0.5, 0.6) is 0 Å². The summed E-state index contributed by atoms with van der Waals surface area (Å²) in [5.74, 6) is -1.49. The summed E-state index contributed by atoms with van der Waals surface area (Å²) in [6.07, 6.45) is 0. The Morgan fingerprint density at radius 3 is 1.92 bits per heavy atom. The van der Waals surface area contributed by atoms with Crippen LogP contribution in [0, 0.1) is 0 Å². The molecule has 0 saturated carbocycles. The number of carbonyl (C=O) groups is 3. The van der Waals surface area contributed by atoms with Crippen molar-refractivity contribution >= 4 is 17.8 Å². The van der Waals surface area contributed by atoms with Gasteiger partial charge in [-0.2, -0.15) is 0 Å². The molecule has 0 aromatic carbocycles. The Bertz CT molecular complexity index is 210. The van der Waals surface area contributed by atoms with Gasteiger partial charge < -0.3 is 4.74 Å². The molecule has 0 aliphatic heterocycles. The monoisotopic (exact) mass is 187 g/mol. The predicted molar refractivity (Wildman–Crippen MR) is 44.7 cm³/mol. The molecule has 0 rings (SSSR count). The van der Waals surface area contributed by atoms with E-state index >= 15 is 0 Å². The van der Waals surface area contributed by atoms with E-state index in [0.717, 1.165) is 4.90 Å². The van der Waals surface area contributed by atoms with Crippen LogP contribution in [0.25, 0.3) is 0 Å². The van der Waals surface area contributed by atoms with Gasteiger partial charge in [0.1, 0.15) is 6.54 Å². The van der Waals surface area contributed by atoms with Crippen LogP contribution >= 0.6 is 0 Å². The second-order valence-electron chi connectivity index (χ2n) is 2.43. The maximum absolute atomic E-state index is 10.9. The van der Waals surface area contributed by atoms with Gasteiger partial charge in [-0.3, -0.25) is 19.3 Å². The largest absolute Gasteiger partial charge is 0.465 e. The number of hydrogen-bond acceptors (Lipinski definition) is 4. The van der Waals surface area contributed by atoms with Crippen LogP contribution in [0.2, 0.25) is 0 Å².